The Kier molecular flexibility index (Phi) is 2.97. The SMILES string of the molecule is Cc1ccc(C(C)NC2CCN3CCCC23)o1. The zero-order valence-electron chi connectivity index (χ0n) is 10.8. The predicted octanol–water partition coefficient (Wildman–Crippen LogP) is 2.48. The van der Waals surface area contributed by atoms with Gasteiger partial charge in [-0.25, -0.2) is 0 Å². The van der Waals surface area contributed by atoms with Crippen LogP contribution in [0.4, 0.5) is 0 Å². The van der Waals surface area contributed by atoms with Crippen molar-refractivity contribution < 1.29 is 4.42 Å². The molecule has 0 amide bonds. The van der Waals surface area contributed by atoms with E-state index in [1.807, 2.05) is 13.0 Å². The van der Waals surface area contributed by atoms with Crippen molar-refractivity contribution in [2.75, 3.05) is 13.1 Å². The van der Waals surface area contributed by atoms with E-state index in [4.69, 9.17) is 4.42 Å². The maximum absolute atomic E-state index is 5.69. The van der Waals surface area contributed by atoms with Crippen molar-refractivity contribution in [3.63, 3.8) is 0 Å². The number of hydrogen-bond donors (Lipinski definition) is 1. The Morgan fingerprint density at radius 3 is 3.00 bits per heavy atom. The monoisotopic (exact) mass is 234 g/mol. The lowest BCUT2D eigenvalue weighted by Crippen LogP contribution is -2.40. The second kappa shape index (κ2) is 4.46. The van der Waals surface area contributed by atoms with Crippen LogP contribution >= 0.6 is 0 Å². The first-order chi connectivity index (χ1) is 8.24. The molecule has 2 fully saturated rings. The van der Waals surface area contributed by atoms with Gasteiger partial charge in [0.05, 0.1) is 6.04 Å². The molecule has 0 aromatic carbocycles. The summed E-state index contributed by atoms with van der Waals surface area (Å²) < 4.78 is 5.69. The van der Waals surface area contributed by atoms with Gasteiger partial charge in [-0.15, -0.1) is 0 Å². The lowest BCUT2D eigenvalue weighted by Gasteiger charge is -2.24. The second-order valence-electron chi connectivity index (χ2n) is 5.48. The van der Waals surface area contributed by atoms with E-state index in [0.29, 0.717) is 12.1 Å². The summed E-state index contributed by atoms with van der Waals surface area (Å²) in [5.41, 5.74) is 0. The van der Waals surface area contributed by atoms with Crippen molar-refractivity contribution in [1.29, 1.82) is 0 Å². The minimum atomic E-state index is 0.328. The minimum Gasteiger partial charge on any atom is -0.465 e. The highest BCUT2D eigenvalue weighted by Gasteiger charge is 2.37. The lowest BCUT2D eigenvalue weighted by molar-refractivity contribution is 0.284. The number of fused-ring (bicyclic) bond motifs is 1. The first-order valence-corrected chi connectivity index (χ1v) is 6.80. The molecule has 2 aliphatic heterocycles. The van der Waals surface area contributed by atoms with E-state index in [2.05, 4.69) is 23.2 Å². The van der Waals surface area contributed by atoms with Gasteiger partial charge in [0, 0.05) is 18.6 Å². The van der Waals surface area contributed by atoms with Crippen LogP contribution in [-0.2, 0) is 0 Å². The standard InChI is InChI=1S/C14H22N2O/c1-10-5-6-14(17-10)11(2)15-12-7-9-16-8-3-4-13(12)16/h5-6,11-13,15H,3-4,7-9H2,1-2H3. The van der Waals surface area contributed by atoms with Crippen LogP contribution in [0.3, 0.4) is 0 Å². The Bertz CT molecular complexity index is 387. The molecule has 3 unspecified atom stereocenters. The van der Waals surface area contributed by atoms with Crippen molar-refractivity contribution in [3.8, 4) is 0 Å². The van der Waals surface area contributed by atoms with E-state index >= 15 is 0 Å². The largest absolute Gasteiger partial charge is 0.465 e. The third-order valence-corrected chi connectivity index (χ3v) is 4.26. The molecule has 3 atom stereocenters. The number of nitrogens with one attached hydrogen (secondary N) is 1. The lowest BCUT2D eigenvalue weighted by atomic mass is 10.1. The van der Waals surface area contributed by atoms with E-state index in [9.17, 15) is 0 Å². The molecule has 1 aromatic heterocycles. The van der Waals surface area contributed by atoms with Gasteiger partial charge in [-0.3, -0.25) is 4.90 Å². The van der Waals surface area contributed by atoms with Gasteiger partial charge in [-0.1, -0.05) is 0 Å². The first kappa shape index (κ1) is 11.3. The summed E-state index contributed by atoms with van der Waals surface area (Å²) in [5.74, 6) is 2.07. The summed E-state index contributed by atoms with van der Waals surface area (Å²) in [6.45, 7) is 6.78. The summed E-state index contributed by atoms with van der Waals surface area (Å²) in [4.78, 5) is 2.64. The molecule has 1 aromatic rings. The number of furan rings is 1. The van der Waals surface area contributed by atoms with Crippen LogP contribution in [0.2, 0.25) is 0 Å². The normalized spacial score (nSPS) is 30.7. The quantitative estimate of drug-likeness (QED) is 0.871. The minimum absolute atomic E-state index is 0.328. The fraction of sp³-hybridized carbons (Fsp3) is 0.714. The van der Waals surface area contributed by atoms with Crippen molar-refractivity contribution >= 4 is 0 Å². The maximum Gasteiger partial charge on any atom is 0.120 e. The van der Waals surface area contributed by atoms with Crippen LogP contribution in [0, 0.1) is 6.92 Å². The van der Waals surface area contributed by atoms with Crippen LogP contribution in [0.25, 0.3) is 0 Å². The Morgan fingerprint density at radius 1 is 1.35 bits per heavy atom. The summed E-state index contributed by atoms with van der Waals surface area (Å²) in [5, 5.41) is 3.74. The van der Waals surface area contributed by atoms with Gasteiger partial charge >= 0.3 is 0 Å². The van der Waals surface area contributed by atoms with Gasteiger partial charge in [0.25, 0.3) is 0 Å². The number of aryl methyl sites for hydroxylation is 1. The molecule has 94 valence electrons. The highest BCUT2D eigenvalue weighted by molar-refractivity contribution is 5.10. The van der Waals surface area contributed by atoms with Crippen LogP contribution < -0.4 is 5.32 Å². The van der Waals surface area contributed by atoms with Crippen LogP contribution in [0.15, 0.2) is 16.5 Å². The molecule has 17 heavy (non-hydrogen) atoms. The molecule has 0 radical (unpaired) electrons. The van der Waals surface area contributed by atoms with Crippen molar-refractivity contribution in [1.82, 2.24) is 10.2 Å². The van der Waals surface area contributed by atoms with Gasteiger partial charge < -0.3 is 9.73 Å². The Labute approximate surface area is 103 Å². The van der Waals surface area contributed by atoms with Crippen LogP contribution in [-0.4, -0.2) is 30.1 Å². The smallest absolute Gasteiger partial charge is 0.120 e. The van der Waals surface area contributed by atoms with Gasteiger partial charge in [0.2, 0.25) is 0 Å². The molecule has 2 aliphatic rings. The molecule has 0 saturated carbocycles. The predicted molar refractivity (Wildman–Crippen MR) is 68.0 cm³/mol. The number of rotatable bonds is 3. The molecule has 0 bridgehead atoms. The Balaban J connectivity index is 1.63. The zero-order chi connectivity index (χ0) is 11.8. The van der Waals surface area contributed by atoms with E-state index in [1.165, 1.54) is 32.4 Å². The highest BCUT2D eigenvalue weighted by atomic mass is 16.3. The average molecular weight is 234 g/mol. The summed E-state index contributed by atoms with van der Waals surface area (Å²) in [6, 6.07) is 5.89. The molecule has 1 N–H and O–H groups in total. The molecule has 2 saturated heterocycles. The molecule has 3 rings (SSSR count). The van der Waals surface area contributed by atoms with E-state index in [0.717, 1.165) is 17.6 Å². The molecular formula is C14H22N2O. The first-order valence-electron chi connectivity index (χ1n) is 6.80. The van der Waals surface area contributed by atoms with Crippen LogP contribution in [0.5, 0.6) is 0 Å². The summed E-state index contributed by atoms with van der Waals surface area (Å²) >= 11 is 0. The fourth-order valence-electron chi connectivity index (χ4n) is 3.37. The van der Waals surface area contributed by atoms with Gasteiger partial charge in [0.1, 0.15) is 11.5 Å². The molecule has 3 heteroatoms. The van der Waals surface area contributed by atoms with Crippen molar-refractivity contribution in [3.05, 3.63) is 23.7 Å². The van der Waals surface area contributed by atoms with E-state index < -0.39 is 0 Å². The van der Waals surface area contributed by atoms with Gasteiger partial charge in [-0.2, -0.15) is 0 Å². The summed E-state index contributed by atoms with van der Waals surface area (Å²) in [7, 11) is 0. The Hall–Kier alpha value is -0.800. The van der Waals surface area contributed by atoms with Gasteiger partial charge in [0.15, 0.2) is 0 Å². The van der Waals surface area contributed by atoms with Crippen LogP contribution in [0.1, 0.15) is 43.7 Å². The second-order valence-corrected chi connectivity index (χ2v) is 5.48. The van der Waals surface area contributed by atoms with Gasteiger partial charge in [-0.05, 0) is 51.8 Å². The highest BCUT2D eigenvalue weighted by Crippen LogP contribution is 2.29. The third kappa shape index (κ3) is 2.14. The number of hydrogen-bond acceptors (Lipinski definition) is 3. The summed E-state index contributed by atoms with van der Waals surface area (Å²) in [6.07, 6.45) is 4.02. The fourth-order valence-corrected chi connectivity index (χ4v) is 3.37. The molecule has 0 aliphatic carbocycles. The Morgan fingerprint density at radius 2 is 2.24 bits per heavy atom. The van der Waals surface area contributed by atoms with Crippen molar-refractivity contribution in [2.24, 2.45) is 0 Å². The topological polar surface area (TPSA) is 28.4 Å². The number of nitrogens with zero attached hydrogens (tertiary/aromatic N) is 1. The zero-order valence-corrected chi connectivity index (χ0v) is 10.8. The van der Waals surface area contributed by atoms with Crippen molar-refractivity contribution in [2.45, 2.75) is 51.2 Å². The maximum atomic E-state index is 5.69. The average Bonchev–Trinajstić information content (AvgIpc) is 2.96. The van der Waals surface area contributed by atoms with E-state index in [-0.39, 0.29) is 0 Å². The molecule has 0 spiro atoms. The molecular weight excluding hydrogens is 212 g/mol. The molecule has 3 nitrogen and oxygen atoms in total. The van der Waals surface area contributed by atoms with E-state index in [1.54, 1.807) is 0 Å². The third-order valence-electron chi connectivity index (χ3n) is 4.26. The molecule has 3 heterocycles.